The molecule has 0 radical (unpaired) electrons. The van der Waals surface area contributed by atoms with Gasteiger partial charge in [-0.05, 0) is 51.1 Å². The first kappa shape index (κ1) is 21.0. The number of likely N-dealkylation sites (tertiary alicyclic amines) is 1. The van der Waals surface area contributed by atoms with Crippen LogP contribution in [0, 0.1) is 5.82 Å². The molecule has 0 saturated carbocycles. The Morgan fingerprint density at radius 3 is 2.80 bits per heavy atom. The second-order valence-electron chi connectivity index (χ2n) is 7.31. The van der Waals surface area contributed by atoms with E-state index in [4.69, 9.17) is 9.47 Å². The zero-order valence-electron chi connectivity index (χ0n) is 17.1. The van der Waals surface area contributed by atoms with Crippen molar-refractivity contribution >= 4 is 21.6 Å². The monoisotopic (exact) mass is 431 g/mol. The molecule has 2 aromatic heterocycles. The van der Waals surface area contributed by atoms with Crippen molar-refractivity contribution in [1.29, 1.82) is 0 Å². The summed E-state index contributed by atoms with van der Waals surface area (Å²) < 4.78 is 27.5. The van der Waals surface area contributed by atoms with Crippen molar-refractivity contribution in [3.63, 3.8) is 0 Å². The van der Waals surface area contributed by atoms with Crippen LogP contribution >= 0.6 is 11.3 Å². The Kier molecular flexibility index (Phi) is 6.76. The number of hydrogen-bond donors (Lipinski definition) is 0. The van der Waals surface area contributed by atoms with Crippen molar-refractivity contribution in [3.05, 3.63) is 51.6 Å². The summed E-state index contributed by atoms with van der Waals surface area (Å²) in [4.78, 5) is 20.7. The lowest BCUT2D eigenvalue weighted by atomic mass is 10.2. The quantitative estimate of drug-likeness (QED) is 0.484. The number of benzene rings is 1. The van der Waals surface area contributed by atoms with Crippen LogP contribution in [0.15, 0.2) is 35.4 Å². The number of halogens is 1. The van der Waals surface area contributed by atoms with E-state index >= 15 is 0 Å². The number of thiophene rings is 1. The maximum absolute atomic E-state index is 14.6. The van der Waals surface area contributed by atoms with Crippen LogP contribution in [0.2, 0.25) is 0 Å². The Labute approximate surface area is 178 Å². The molecule has 160 valence electrons. The van der Waals surface area contributed by atoms with Crippen LogP contribution < -0.4 is 10.3 Å². The number of hydrogen-bond acceptors (Lipinski definition) is 6. The summed E-state index contributed by atoms with van der Waals surface area (Å²) in [5.74, 6) is -0.279. The molecule has 1 aliphatic rings. The molecule has 1 fully saturated rings. The van der Waals surface area contributed by atoms with E-state index in [1.165, 1.54) is 41.1 Å². The highest BCUT2D eigenvalue weighted by Gasteiger charge is 2.14. The maximum Gasteiger partial charge on any atom is 0.275 e. The fraction of sp³-hybridized carbons (Fsp3) is 0.455. The van der Waals surface area contributed by atoms with Gasteiger partial charge in [-0.1, -0.05) is 0 Å². The first-order chi connectivity index (χ1) is 14.7. The first-order valence-corrected chi connectivity index (χ1v) is 11.2. The standard InChI is InChI=1S/C22H26FN3O3S/c1-2-28-11-7-17-14-19-21(30-17)22(27)26(15-24-19)16-5-6-20(18(23)13-16)29-12-10-25-8-3-4-9-25/h5-6,13-15H,2-4,7-12H2,1H3. The van der Waals surface area contributed by atoms with Gasteiger partial charge in [0.15, 0.2) is 11.6 Å². The predicted octanol–water partition coefficient (Wildman–Crippen LogP) is 3.64. The van der Waals surface area contributed by atoms with E-state index in [9.17, 15) is 9.18 Å². The van der Waals surface area contributed by atoms with Gasteiger partial charge in [0.2, 0.25) is 0 Å². The van der Waals surface area contributed by atoms with Crippen LogP contribution in [0.25, 0.3) is 15.9 Å². The van der Waals surface area contributed by atoms with Crippen LogP contribution in [0.1, 0.15) is 24.6 Å². The van der Waals surface area contributed by atoms with Crippen molar-refractivity contribution in [2.75, 3.05) is 39.5 Å². The van der Waals surface area contributed by atoms with Gasteiger partial charge in [0.05, 0.1) is 17.8 Å². The second-order valence-corrected chi connectivity index (χ2v) is 8.44. The zero-order chi connectivity index (χ0) is 20.9. The van der Waals surface area contributed by atoms with Crippen LogP contribution in [0.3, 0.4) is 0 Å². The van der Waals surface area contributed by atoms with Crippen LogP contribution in [0.4, 0.5) is 4.39 Å². The third-order valence-electron chi connectivity index (χ3n) is 5.24. The van der Waals surface area contributed by atoms with E-state index in [-0.39, 0.29) is 11.3 Å². The molecule has 8 heteroatoms. The molecule has 1 saturated heterocycles. The Morgan fingerprint density at radius 1 is 1.20 bits per heavy atom. The highest BCUT2D eigenvalue weighted by molar-refractivity contribution is 7.18. The van der Waals surface area contributed by atoms with Gasteiger partial charge >= 0.3 is 0 Å². The summed E-state index contributed by atoms with van der Waals surface area (Å²) in [6, 6.07) is 6.51. The molecule has 6 nitrogen and oxygen atoms in total. The highest BCUT2D eigenvalue weighted by Crippen LogP contribution is 2.24. The van der Waals surface area contributed by atoms with Crippen LogP contribution in [-0.4, -0.2) is 53.9 Å². The van der Waals surface area contributed by atoms with E-state index < -0.39 is 5.82 Å². The van der Waals surface area contributed by atoms with E-state index in [2.05, 4.69) is 9.88 Å². The summed E-state index contributed by atoms with van der Waals surface area (Å²) >= 11 is 1.41. The van der Waals surface area contributed by atoms with E-state index in [1.807, 2.05) is 13.0 Å². The fourth-order valence-corrected chi connectivity index (χ4v) is 4.65. The van der Waals surface area contributed by atoms with Crippen molar-refractivity contribution < 1.29 is 13.9 Å². The lowest BCUT2D eigenvalue weighted by Gasteiger charge is -2.15. The molecule has 0 bridgehead atoms. The molecule has 0 N–H and O–H groups in total. The predicted molar refractivity (Wildman–Crippen MR) is 117 cm³/mol. The third-order valence-corrected chi connectivity index (χ3v) is 6.42. The zero-order valence-corrected chi connectivity index (χ0v) is 17.9. The summed E-state index contributed by atoms with van der Waals surface area (Å²) in [7, 11) is 0. The second kappa shape index (κ2) is 9.68. The molecule has 0 unspecified atom stereocenters. The topological polar surface area (TPSA) is 56.6 Å². The fourth-order valence-electron chi connectivity index (χ4n) is 3.63. The van der Waals surface area contributed by atoms with Gasteiger partial charge in [0.1, 0.15) is 17.6 Å². The number of ether oxygens (including phenoxy) is 2. The maximum atomic E-state index is 14.6. The summed E-state index contributed by atoms with van der Waals surface area (Å²) in [5, 5.41) is 0. The average Bonchev–Trinajstić information content (AvgIpc) is 3.40. The minimum Gasteiger partial charge on any atom is -0.489 e. The molecule has 0 aliphatic carbocycles. The Hall–Kier alpha value is -2.29. The molecule has 30 heavy (non-hydrogen) atoms. The Morgan fingerprint density at radius 2 is 2.03 bits per heavy atom. The van der Waals surface area contributed by atoms with E-state index in [0.29, 0.717) is 35.7 Å². The van der Waals surface area contributed by atoms with Crippen LogP contribution in [-0.2, 0) is 11.2 Å². The lowest BCUT2D eigenvalue weighted by Crippen LogP contribution is -2.25. The summed E-state index contributed by atoms with van der Waals surface area (Å²) in [6.07, 6.45) is 4.63. The van der Waals surface area contributed by atoms with E-state index in [1.54, 1.807) is 12.1 Å². The molecule has 0 spiro atoms. The van der Waals surface area contributed by atoms with Gasteiger partial charge in [0, 0.05) is 30.5 Å². The Bertz CT molecular complexity index is 1060. The van der Waals surface area contributed by atoms with Gasteiger partial charge in [-0.15, -0.1) is 11.3 Å². The summed E-state index contributed by atoms with van der Waals surface area (Å²) in [6.45, 7) is 6.64. The van der Waals surface area contributed by atoms with Gasteiger partial charge < -0.3 is 9.47 Å². The van der Waals surface area contributed by atoms with Gasteiger partial charge in [-0.2, -0.15) is 0 Å². The average molecular weight is 432 g/mol. The van der Waals surface area contributed by atoms with Crippen molar-refractivity contribution in [2.45, 2.75) is 26.2 Å². The largest absolute Gasteiger partial charge is 0.489 e. The molecule has 3 heterocycles. The normalized spacial score (nSPS) is 14.6. The molecule has 0 atom stereocenters. The number of nitrogens with zero attached hydrogens (tertiary/aromatic N) is 3. The number of rotatable bonds is 9. The van der Waals surface area contributed by atoms with Crippen molar-refractivity contribution in [2.24, 2.45) is 0 Å². The minimum absolute atomic E-state index is 0.199. The van der Waals surface area contributed by atoms with Gasteiger partial charge in [0.25, 0.3) is 5.56 Å². The first-order valence-electron chi connectivity index (χ1n) is 10.4. The molecule has 1 aromatic carbocycles. The van der Waals surface area contributed by atoms with Gasteiger partial charge in [-0.25, -0.2) is 9.37 Å². The SMILES string of the molecule is CCOCCc1cc2ncn(-c3ccc(OCCN4CCCC4)c(F)c3)c(=O)c2s1. The number of fused-ring (bicyclic) bond motifs is 1. The smallest absolute Gasteiger partial charge is 0.275 e. The lowest BCUT2D eigenvalue weighted by molar-refractivity contribution is 0.151. The molecule has 1 aliphatic heterocycles. The molecule has 0 amide bonds. The summed E-state index contributed by atoms with van der Waals surface area (Å²) in [5.41, 5.74) is 0.896. The Balaban J connectivity index is 1.49. The molecular formula is C22H26FN3O3S. The highest BCUT2D eigenvalue weighted by atomic mass is 32.1. The van der Waals surface area contributed by atoms with Crippen molar-refractivity contribution in [1.82, 2.24) is 14.5 Å². The number of aromatic nitrogens is 2. The molecule has 4 rings (SSSR count). The third kappa shape index (κ3) is 4.71. The van der Waals surface area contributed by atoms with E-state index in [0.717, 1.165) is 30.9 Å². The van der Waals surface area contributed by atoms with Gasteiger partial charge in [-0.3, -0.25) is 14.3 Å². The molecule has 3 aromatic rings. The van der Waals surface area contributed by atoms with Crippen molar-refractivity contribution in [3.8, 4) is 11.4 Å². The minimum atomic E-state index is -0.482. The molecular weight excluding hydrogens is 405 g/mol. The van der Waals surface area contributed by atoms with Crippen LogP contribution in [0.5, 0.6) is 5.75 Å².